The number of rotatable bonds is 5. The van der Waals surface area contributed by atoms with Gasteiger partial charge in [-0.05, 0) is 56.9 Å². The largest absolute Gasteiger partial charge is 0.376 e. The van der Waals surface area contributed by atoms with E-state index in [0.717, 1.165) is 42.0 Å². The Morgan fingerprint density at radius 1 is 1.38 bits per heavy atom. The zero-order valence-corrected chi connectivity index (χ0v) is 16.1. The molecule has 0 bridgehead atoms. The van der Waals surface area contributed by atoms with E-state index in [4.69, 9.17) is 4.52 Å². The zero-order chi connectivity index (χ0) is 18.7. The highest BCUT2D eigenvalue weighted by molar-refractivity contribution is 5.95. The molecule has 26 heavy (non-hydrogen) atoms. The molecule has 2 aromatic rings. The van der Waals surface area contributed by atoms with Crippen LogP contribution in [0.4, 0.5) is 5.69 Å². The number of aryl methyl sites for hydroxylation is 1. The molecule has 1 amide bonds. The topological polar surface area (TPSA) is 71.3 Å². The Kier molecular flexibility index (Phi) is 5.59. The van der Waals surface area contributed by atoms with Gasteiger partial charge in [0.25, 0.3) is 5.91 Å². The molecule has 0 spiro atoms. The lowest BCUT2D eigenvalue weighted by Gasteiger charge is -2.33. The Morgan fingerprint density at radius 2 is 2.19 bits per heavy atom. The van der Waals surface area contributed by atoms with Crippen LogP contribution in [0, 0.1) is 6.92 Å². The number of anilines is 1. The maximum atomic E-state index is 12.8. The predicted octanol–water partition coefficient (Wildman–Crippen LogP) is 4.13. The number of amides is 1. The van der Waals surface area contributed by atoms with Crippen molar-refractivity contribution in [2.75, 3.05) is 11.9 Å². The van der Waals surface area contributed by atoms with Crippen LogP contribution >= 0.6 is 0 Å². The lowest BCUT2D eigenvalue weighted by atomic mass is 10.0. The lowest BCUT2D eigenvalue weighted by Crippen LogP contribution is -2.42. The van der Waals surface area contributed by atoms with Gasteiger partial charge in [0.2, 0.25) is 5.89 Å². The summed E-state index contributed by atoms with van der Waals surface area (Å²) in [5.41, 5.74) is 2.75. The first kappa shape index (κ1) is 18.4. The van der Waals surface area contributed by atoms with Crippen LogP contribution in [0.1, 0.15) is 73.6 Å². The van der Waals surface area contributed by atoms with Crippen molar-refractivity contribution in [1.29, 1.82) is 0 Å². The molecule has 6 nitrogen and oxygen atoms in total. The molecule has 1 fully saturated rings. The van der Waals surface area contributed by atoms with Gasteiger partial charge in [-0.15, -0.1) is 0 Å². The molecule has 0 saturated carbocycles. The van der Waals surface area contributed by atoms with Crippen molar-refractivity contribution in [1.82, 2.24) is 15.0 Å². The van der Waals surface area contributed by atoms with Crippen molar-refractivity contribution in [2.45, 2.75) is 65.5 Å². The third-order valence-corrected chi connectivity index (χ3v) is 4.97. The van der Waals surface area contributed by atoms with Crippen LogP contribution in [0.3, 0.4) is 0 Å². The average Bonchev–Trinajstić information content (AvgIpc) is 3.10. The summed E-state index contributed by atoms with van der Waals surface area (Å²) in [7, 11) is 0. The molecule has 2 heterocycles. The van der Waals surface area contributed by atoms with Crippen LogP contribution in [-0.4, -0.2) is 33.5 Å². The summed E-state index contributed by atoms with van der Waals surface area (Å²) in [6, 6.07) is 6.13. The smallest absolute Gasteiger partial charge is 0.254 e. The normalized spacial score (nSPS) is 17.6. The van der Waals surface area contributed by atoms with Gasteiger partial charge in [0.05, 0.1) is 6.54 Å². The Morgan fingerprint density at radius 3 is 2.85 bits per heavy atom. The van der Waals surface area contributed by atoms with Gasteiger partial charge in [0, 0.05) is 29.8 Å². The summed E-state index contributed by atoms with van der Waals surface area (Å²) >= 11 is 0. The second-order valence-corrected chi connectivity index (χ2v) is 7.43. The third kappa shape index (κ3) is 4.06. The number of nitrogens with zero attached hydrogens (tertiary/aromatic N) is 3. The fourth-order valence-corrected chi connectivity index (χ4v) is 3.31. The van der Waals surface area contributed by atoms with E-state index in [1.807, 2.05) is 43.9 Å². The molecule has 1 N–H and O–H groups in total. The van der Waals surface area contributed by atoms with Gasteiger partial charge in [0.15, 0.2) is 5.82 Å². The van der Waals surface area contributed by atoms with E-state index in [9.17, 15) is 4.79 Å². The van der Waals surface area contributed by atoms with Gasteiger partial charge in [-0.3, -0.25) is 4.79 Å². The van der Waals surface area contributed by atoms with E-state index < -0.39 is 0 Å². The number of nitrogens with one attached hydrogen (secondary N) is 1. The number of hydrogen-bond donors (Lipinski definition) is 1. The molecule has 3 rings (SSSR count). The molecular formula is C20H28N4O2. The monoisotopic (exact) mass is 356 g/mol. The van der Waals surface area contributed by atoms with E-state index in [-0.39, 0.29) is 11.8 Å². The molecule has 1 unspecified atom stereocenters. The highest BCUT2D eigenvalue weighted by Crippen LogP contribution is 2.22. The van der Waals surface area contributed by atoms with Gasteiger partial charge in [-0.2, -0.15) is 4.98 Å². The number of benzene rings is 1. The molecule has 1 saturated heterocycles. The average molecular weight is 356 g/mol. The third-order valence-electron chi connectivity index (χ3n) is 4.97. The highest BCUT2D eigenvalue weighted by atomic mass is 16.5. The molecular weight excluding hydrogens is 328 g/mol. The number of aromatic nitrogens is 2. The Labute approximate surface area is 155 Å². The molecule has 140 valence electrons. The maximum Gasteiger partial charge on any atom is 0.254 e. The van der Waals surface area contributed by atoms with Crippen LogP contribution in [0.25, 0.3) is 0 Å². The second kappa shape index (κ2) is 7.89. The number of piperidine rings is 1. The Hall–Kier alpha value is -2.37. The molecule has 6 heteroatoms. The molecule has 1 aromatic carbocycles. The molecule has 1 aliphatic heterocycles. The van der Waals surface area contributed by atoms with Crippen LogP contribution in [0.2, 0.25) is 0 Å². The number of carbonyl (C=O) groups excluding carboxylic acids is 1. The fraction of sp³-hybridized carbons (Fsp3) is 0.550. The van der Waals surface area contributed by atoms with Crippen LogP contribution in [0.5, 0.6) is 0 Å². The molecule has 1 atom stereocenters. The highest BCUT2D eigenvalue weighted by Gasteiger charge is 2.24. The first-order chi connectivity index (χ1) is 12.5. The van der Waals surface area contributed by atoms with Crippen molar-refractivity contribution in [3.05, 3.63) is 41.0 Å². The van der Waals surface area contributed by atoms with Crippen molar-refractivity contribution in [3.63, 3.8) is 0 Å². The number of likely N-dealkylation sites (tertiary alicyclic amines) is 1. The number of carbonyl (C=O) groups is 1. The maximum absolute atomic E-state index is 12.8. The van der Waals surface area contributed by atoms with Crippen LogP contribution < -0.4 is 5.32 Å². The second-order valence-electron chi connectivity index (χ2n) is 7.43. The quantitative estimate of drug-likeness (QED) is 0.872. The van der Waals surface area contributed by atoms with Gasteiger partial charge >= 0.3 is 0 Å². The predicted molar refractivity (Wildman–Crippen MR) is 101 cm³/mol. The Balaban J connectivity index is 1.66. The fourth-order valence-electron chi connectivity index (χ4n) is 3.31. The minimum atomic E-state index is 0.130. The summed E-state index contributed by atoms with van der Waals surface area (Å²) in [5, 5.41) is 7.29. The lowest BCUT2D eigenvalue weighted by molar-refractivity contribution is 0.0635. The summed E-state index contributed by atoms with van der Waals surface area (Å²) in [6.45, 7) is 9.53. The van der Waals surface area contributed by atoms with E-state index in [1.165, 1.54) is 6.42 Å². The minimum absolute atomic E-state index is 0.130. The molecule has 0 radical (unpaired) electrons. The van der Waals surface area contributed by atoms with E-state index >= 15 is 0 Å². The number of hydrogen-bond acceptors (Lipinski definition) is 5. The SMILES string of the molecule is Cc1cc(C(=O)N2CCCCC2C)ccc1NCc1nc(C(C)C)no1. The van der Waals surface area contributed by atoms with E-state index in [2.05, 4.69) is 22.4 Å². The molecule has 1 aliphatic rings. The van der Waals surface area contributed by atoms with Crippen molar-refractivity contribution in [2.24, 2.45) is 0 Å². The van der Waals surface area contributed by atoms with Gasteiger partial charge in [0.1, 0.15) is 0 Å². The van der Waals surface area contributed by atoms with Gasteiger partial charge < -0.3 is 14.7 Å². The summed E-state index contributed by atoms with van der Waals surface area (Å²) in [5.74, 6) is 1.66. The Bertz CT molecular complexity index is 769. The van der Waals surface area contributed by atoms with Crippen molar-refractivity contribution >= 4 is 11.6 Å². The van der Waals surface area contributed by atoms with E-state index in [0.29, 0.717) is 18.5 Å². The van der Waals surface area contributed by atoms with E-state index in [1.54, 1.807) is 0 Å². The first-order valence-electron chi connectivity index (χ1n) is 9.43. The van der Waals surface area contributed by atoms with Gasteiger partial charge in [-0.1, -0.05) is 19.0 Å². The first-order valence-corrected chi connectivity index (χ1v) is 9.43. The van der Waals surface area contributed by atoms with Crippen molar-refractivity contribution < 1.29 is 9.32 Å². The summed E-state index contributed by atoms with van der Waals surface area (Å²) < 4.78 is 5.26. The molecule has 1 aromatic heterocycles. The standard InChI is InChI=1S/C20H28N4O2/c1-13(2)19-22-18(26-23-19)12-21-17-9-8-16(11-14(17)3)20(25)24-10-6-5-7-15(24)4/h8-9,11,13,15,21H,5-7,10,12H2,1-4H3. The van der Waals surface area contributed by atoms with Crippen LogP contribution in [-0.2, 0) is 6.54 Å². The molecule has 0 aliphatic carbocycles. The van der Waals surface area contributed by atoms with Crippen LogP contribution in [0.15, 0.2) is 22.7 Å². The summed E-state index contributed by atoms with van der Waals surface area (Å²) in [4.78, 5) is 19.2. The zero-order valence-electron chi connectivity index (χ0n) is 16.1. The van der Waals surface area contributed by atoms with Crippen molar-refractivity contribution in [3.8, 4) is 0 Å². The van der Waals surface area contributed by atoms with Gasteiger partial charge in [-0.25, -0.2) is 0 Å². The summed E-state index contributed by atoms with van der Waals surface area (Å²) in [6.07, 6.45) is 3.39. The minimum Gasteiger partial charge on any atom is -0.376 e.